The lowest BCUT2D eigenvalue weighted by atomic mass is 9.70. The highest BCUT2D eigenvalue weighted by Crippen LogP contribution is 2.39. The van der Waals surface area contributed by atoms with Crippen molar-refractivity contribution in [3.63, 3.8) is 0 Å². The van der Waals surface area contributed by atoms with Gasteiger partial charge in [-0.25, -0.2) is 0 Å². The summed E-state index contributed by atoms with van der Waals surface area (Å²) in [4.78, 5) is 0. The van der Waals surface area contributed by atoms with E-state index >= 15 is 0 Å². The van der Waals surface area contributed by atoms with E-state index in [4.69, 9.17) is 0 Å². The van der Waals surface area contributed by atoms with Gasteiger partial charge >= 0.3 is 0 Å². The van der Waals surface area contributed by atoms with E-state index in [0.29, 0.717) is 11.6 Å². The quantitative estimate of drug-likeness (QED) is 0.889. The standard InChI is InChI=1S/C17H22N4/c1-12-14-5-2-3-6-15(14)16(21-20-12)19-13-7-10-18-17(11-13)8-4-9-17/h2-3,5-6,13,18H,4,7-11H2,1H3,(H,19,21). The van der Waals surface area contributed by atoms with Crippen LogP contribution in [0.2, 0.25) is 0 Å². The van der Waals surface area contributed by atoms with Crippen LogP contribution in [0.1, 0.15) is 37.8 Å². The van der Waals surface area contributed by atoms with Gasteiger partial charge < -0.3 is 10.6 Å². The molecule has 0 amide bonds. The van der Waals surface area contributed by atoms with Gasteiger partial charge in [-0.15, -0.1) is 5.10 Å². The van der Waals surface area contributed by atoms with Gasteiger partial charge in [0.15, 0.2) is 5.82 Å². The molecule has 0 radical (unpaired) electrons. The molecule has 0 bridgehead atoms. The van der Waals surface area contributed by atoms with Crippen molar-refractivity contribution in [1.82, 2.24) is 15.5 Å². The van der Waals surface area contributed by atoms with E-state index in [1.165, 1.54) is 36.5 Å². The number of piperidine rings is 1. The molecule has 2 N–H and O–H groups in total. The Hall–Kier alpha value is -1.68. The Morgan fingerprint density at radius 1 is 1.19 bits per heavy atom. The zero-order chi connectivity index (χ0) is 14.3. The maximum atomic E-state index is 4.41. The molecule has 1 aliphatic heterocycles. The predicted octanol–water partition coefficient (Wildman–Crippen LogP) is 3.02. The minimum atomic E-state index is 0.407. The Balaban J connectivity index is 1.61. The van der Waals surface area contributed by atoms with Crippen LogP contribution in [-0.4, -0.2) is 28.3 Å². The van der Waals surface area contributed by atoms with Gasteiger partial charge in [0.25, 0.3) is 0 Å². The number of aromatic nitrogens is 2. The number of fused-ring (bicyclic) bond motifs is 1. The summed E-state index contributed by atoms with van der Waals surface area (Å²) in [6.45, 7) is 3.13. The molecule has 110 valence electrons. The molecule has 4 heteroatoms. The Labute approximate surface area is 125 Å². The Morgan fingerprint density at radius 2 is 2.00 bits per heavy atom. The van der Waals surface area contributed by atoms with Gasteiger partial charge in [0.05, 0.1) is 5.69 Å². The van der Waals surface area contributed by atoms with Crippen molar-refractivity contribution in [2.45, 2.75) is 50.6 Å². The molecule has 1 saturated carbocycles. The Kier molecular flexibility index (Phi) is 3.07. The van der Waals surface area contributed by atoms with Crippen LogP contribution >= 0.6 is 0 Å². The first-order chi connectivity index (χ1) is 10.3. The molecular formula is C17H22N4. The molecule has 1 spiro atoms. The number of hydrogen-bond donors (Lipinski definition) is 2. The third kappa shape index (κ3) is 2.27. The third-order valence-electron chi connectivity index (χ3n) is 5.15. The lowest BCUT2D eigenvalue weighted by Gasteiger charge is -2.48. The molecule has 21 heavy (non-hydrogen) atoms. The van der Waals surface area contributed by atoms with Gasteiger partial charge in [0.2, 0.25) is 0 Å². The van der Waals surface area contributed by atoms with Crippen LogP contribution in [0.3, 0.4) is 0 Å². The molecule has 1 aliphatic carbocycles. The number of benzene rings is 1. The van der Waals surface area contributed by atoms with Crippen molar-refractivity contribution >= 4 is 16.6 Å². The van der Waals surface area contributed by atoms with Crippen molar-refractivity contribution in [2.24, 2.45) is 0 Å². The molecule has 1 unspecified atom stereocenters. The zero-order valence-electron chi connectivity index (χ0n) is 12.5. The summed E-state index contributed by atoms with van der Waals surface area (Å²) in [6.07, 6.45) is 6.38. The highest BCUT2D eigenvalue weighted by Gasteiger charge is 2.40. The highest BCUT2D eigenvalue weighted by atomic mass is 15.2. The fourth-order valence-electron chi connectivity index (χ4n) is 3.80. The van der Waals surface area contributed by atoms with Gasteiger partial charge in [-0.1, -0.05) is 24.3 Å². The topological polar surface area (TPSA) is 49.8 Å². The number of rotatable bonds is 2. The molecule has 2 heterocycles. The van der Waals surface area contributed by atoms with E-state index in [9.17, 15) is 0 Å². The second-order valence-corrected chi connectivity index (χ2v) is 6.57. The van der Waals surface area contributed by atoms with Crippen LogP contribution in [0.15, 0.2) is 24.3 Å². The van der Waals surface area contributed by atoms with E-state index in [2.05, 4.69) is 45.1 Å². The average molecular weight is 282 g/mol. The molecular weight excluding hydrogens is 260 g/mol. The van der Waals surface area contributed by atoms with Crippen LogP contribution in [0.4, 0.5) is 5.82 Å². The normalized spacial score (nSPS) is 24.0. The smallest absolute Gasteiger partial charge is 0.156 e. The number of aryl methyl sites for hydroxylation is 1. The van der Waals surface area contributed by atoms with Gasteiger partial charge in [-0.3, -0.25) is 0 Å². The molecule has 2 fully saturated rings. The summed E-state index contributed by atoms with van der Waals surface area (Å²) in [7, 11) is 0. The molecule has 2 aliphatic rings. The van der Waals surface area contributed by atoms with Gasteiger partial charge in [-0.05, 0) is 45.6 Å². The first kappa shape index (κ1) is 13.0. The number of anilines is 1. The lowest BCUT2D eigenvalue weighted by molar-refractivity contribution is 0.135. The van der Waals surface area contributed by atoms with Crippen molar-refractivity contribution in [3.8, 4) is 0 Å². The molecule has 2 aromatic rings. The van der Waals surface area contributed by atoms with Gasteiger partial charge in [0.1, 0.15) is 0 Å². The third-order valence-corrected chi connectivity index (χ3v) is 5.15. The Bertz CT molecular complexity index is 663. The minimum Gasteiger partial charge on any atom is -0.365 e. The zero-order valence-corrected chi connectivity index (χ0v) is 12.5. The van der Waals surface area contributed by atoms with E-state index in [-0.39, 0.29) is 0 Å². The average Bonchev–Trinajstić information content (AvgIpc) is 2.49. The number of hydrogen-bond acceptors (Lipinski definition) is 4. The monoisotopic (exact) mass is 282 g/mol. The molecule has 4 rings (SSSR count). The van der Waals surface area contributed by atoms with Crippen molar-refractivity contribution in [3.05, 3.63) is 30.0 Å². The predicted molar refractivity (Wildman–Crippen MR) is 85.5 cm³/mol. The number of nitrogens with one attached hydrogen (secondary N) is 2. The SMILES string of the molecule is Cc1nnc(NC2CCNC3(CCC3)C2)c2ccccc12. The summed E-state index contributed by atoms with van der Waals surface area (Å²) in [5, 5.41) is 18.5. The van der Waals surface area contributed by atoms with Crippen molar-refractivity contribution < 1.29 is 0 Å². The summed E-state index contributed by atoms with van der Waals surface area (Å²) in [6, 6.07) is 8.91. The van der Waals surface area contributed by atoms with Crippen molar-refractivity contribution in [2.75, 3.05) is 11.9 Å². The van der Waals surface area contributed by atoms with Gasteiger partial charge in [-0.2, -0.15) is 5.10 Å². The number of nitrogens with zero attached hydrogens (tertiary/aromatic N) is 2. The molecule has 1 saturated heterocycles. The second kappa shape index (κ2) is 4.95. The lowest BCUT2D eigenvalue weighted by Crippen LogP contribution is -2.58. The summed E-state index contributed by atoms with van der Waals surface area (Å²) in [5.74, 6) is 0.942. The van der Waals surface area contributed by atoms with Crippen LogP contribution in [-0.2, 0) is 0 Å². The molecule has 1 aromatic carbocycles. The molecule has 4 nitrogen and oxygen atoms in total. The summed E-state index contributed by atoms with van der Waals surface area (Å²) in [5.41, 5.74) is 1.40. The maximum absolute atomic E-state index is 4.41. The first-order valence-corrected chi connectivity index (χ1v) is 7.99. The van der Waals surface area contributed by atoms with E-state index in [1.807, 2.05) is 6.92 Å². The minimum absolute atomic E-state index is 0.407. The fraction of sp³-hybridized carbons (Fsp3) is 0.529. The highest BCUT2D eigenvalue weighted by molar-refractivity contribution is 5.92. The second-order valence-electron chi connectivity index (χ2n) is 6.57. The first-order valence-electron chi connectivity index (χ1n) is 7.99. The van der Waals surface area contributed by atoms with E-state index in [0.717, 1.165) is 24.5 Å². The van der Waals surface area contributed by atoms with E-state index in [1.54, 1.807) is 0 Å². The Morgan fingerprint density at radius 3 is 2.76 bits per heavy atom. The van der Waals surface area contributed by atoms with Crippen LogP contribution in [0.25, 0.3) is 10.8 Å². The van der Waals surface area contributed by atoms with E-state index < -0.39 is 0 Å². The van der Waals surface area contributed by atoms with Crippen LogP contribution in [0.5, 0.6) is 0 Å². The summed E-state index contributed by atoms with van der Waals surface area (Å²) < 4.78 is 0. The summed E-state index contributed by atoms with van der Waals surface area (Å²) >= 11 is 0. The molecule has 1 atom stereocenters. The fourth-order valence-corrected chi connectivity index (χ4v) is 3.80. The maximum Gasteiger partial charge on any atom is 0.156 e. The largest absolute Gasteiger partial charge is 0.365 e. The van der Waals surface area contributed by atoms with Crippen LogP contribution in [0, 0.1) is 6.92 Å². The van der Waals surface area contributed by atoms with Crippen molar-refractivity contribution in [1.29, 1.82) is 0 Å². The van der Waals surface area contributed by atoms with Crippen LogP contribution < -0.4 is 10.6 Å². The molecule has 1 aromatic heterocycles. The van der Waals surface area contributed by atoms with Gasteiger partial charge in [0, 0.05) is 22.4 Å².